The first-order chi connectivity index (χ1) is 17.8. The number of hydrogen-bond donors (Lipinski definition) is 1. The van der Waals surface area contributed by atoms with E-state index in [4.69, 9.17) is 14.4 Å². The molecular formula is C26H31F3N4O4. The predicted octanol–water partition coefficient (Wildman–Crippen LogP) is 5.59. The fourth-order valence-corrected chi connectivity index (χ4v) is 6.69. The van der Waals surface area contributed by atoms with Gasteiger partial charge in [0.25, 0.3) is 0 Å². The van der Waals surface area contributed by atoms with Gasteiger partial charge in [-0.3, -0.25) is 0 Å². The van der Waals surface area contributed by atoms with Crippen LogP contribution < -0.4 is 4.90 Å². The highest BCUT2D eigenvalue weighted by molar-refractivity contribution is 5.84. The number of fused-ring (bicyclic) bond motifs is 2. The summed E-state index contributed by atoms with van der Waals surface area (Å²) in [6, 6.07) is 0.401. The third kappa shape index (κ3) is 4.82. The van der Waals surface area contributed by atoms with E-state index >= 15 is 0 Å². The molecule has 1 N–H and O–H groups in total. The summed E-state index contributed by atoms with van der Waals surface area (Å²) in [5.74, 6) is -1.54. The van der Waals surface area contributed by atoms with Crippen LogP contribution >= 0.6 is 0 Å². The summed E-state index contributed by atoms with van der Waals surface area (Å²) in [6.45, 7) is 0.225. The first kappa shape index (κ1) is 24.6. The van der Waals surface area contributed by atoms with Gasteiger partial charge in [-0.2, -0.15) is 13.2 Å². The molecule has 6 rings (SSSR count). The molecule has 200 valence electrons. The molecule has 2 aliphatic heterocycles. The quantitative estimate of drug-likeness (QED) is 0.504. The largest absolute Gasteiger partial charge is 0.476 e. The van der Waals surface area contributed by atoms with E-state index in [0.29, 0.717) is 24.4 Å². The predicted molar refractivity (Wildman–Crippen MR) is 125 cm³/mol. The van der Waals surface area contributed by atoms with Gasteiger partial charge >= 0.3 is 12.1 Å². The molecule has 0 amide bonds. The van der Waals surface area contributed by atoms with E-state index in [-0.39, 0.29) is 42.8 Å². The maximum atomic E-state index is 13.9. The zero-order valence-corrected chi connectivity index (χ0v) is 20.5. The van der Waals surface area contributed by atoms with Crippen LogP contribution in [0.25, 0.3) is 0 Å². The van der Waals surface area contributed by atoms with Crippen LogP contribution in [0.4, 0.5) is 19.0 Å². The average molecular weight is 521 g/mol. The molecule has 11 heteroatoms. The highest BCUT2D eigenvalue weighted by Crippen LogP contribution is 2.50. The van der Waals surface area contributed by atoms with E-state index in [1.54, 1.807) is 0 Å². The van der Waals surface area contributed by atoms with Crippen LogP contribution in [0.5, 0.6) is 0 Å². The third-order valence-corrected chi connectivity index (χ3v) is 8.61. The summed E-state index contributed by atoms with van der Waals surface area (Å²) in [4.78, 5) is 21.7. The molecule has 8 nitrogen and oxygen atoms in total. The van der Waals surface area contributed by atoms with Gasteiger partial charge in [0, 0.05) is 29.5 Å². The number of aromatic nitrogens is 3. The van der Waals surface area contributed by atoms with Crippen molar-refractivity contribution in [3.05, 3.63) is 35.1 Å². The van der Waals surface area contributed by atoms with Gasteiger partial charge in [-0.1, -0.05) is 18.0 Å². The second-order valence-corrected chi connectivity index (χ2v) is 11.0. The maximum Gasteiger partial charge on any atom is 0.392 e. The Morgan fingerprint density at radius 2 is 1.78 bits per heavy atom. The Morgan fingerprint density at radius 3 is 2.41 bits per heavy atom. The molecule has 4 aliphatic rings. The molecule has 4 heterocycles. The number of halogens is 3. The Morgan fingerprint density at radius 1 is 1.05 bits per heavy atom. The Balaban J connectivity index is 1.17. The van der Waals surface area contributed by atoms with Crippen LogP contribution in [0.2, 0.25) is 0 Å². The van der Waals surface area contributed by atoms with E-state index in [9.17, 15) is 18.0 Å². The zero-order chi connectivity index (χ0) is 25.7. The molecule has 2 aromatic rings. The van der Waals surface area contributed by atoms with Crippen LogP contribution in [-0.4, -0.2) is 50.6 Å². The summed E-state index contributed by atoms with van der Waals surface area (Å²) in [5.41, 5.74) is 1.11. The summed E-state index contributed by atoms with van der Waals surface area (Å²) in [6.07, 6.45) is 5.93. The Kier molecular flexibility index (Phi) is 6.37. The van der Waals surface area contributed by atoms with Crippen molar-refractivity contribution in [2.75, 3.05) is 4.90 Å². The van der Waals surface area contributed by atoms with Gasteiger partial charge in [0.15, 0.2) is 5.69 Å². The van der Waals surface area contributed by atoms with Crippen molar-refractivity contribution in [3.63, 3.8) is 0 Å². The molecule has 2 aromatic heterocycles. The molecule has 0 unspecified atom stereocenters. The van der Waals surface area contributed by atoms with Crippen LogP contribution in [0, 0.1) is 5.92 Å². The lowest BCUT2D eigenvalue weighted by Gasteiger charge is -2.39. The Hall–Kier alpha value is -2.69. The van der Waals surface area contributed by atoms with Gasteiger partial charge in [-0.25, -0.2) is 14.8 Å². The minimum Gasteiger partial charge on any atom is -0.476 e. The number of alkyl halides is 3. The SMILES string of the molecule is O=C(O)c1cnc(N2[C@@H]3CC[C@H]2C[C@@H](OCc2c([C@H]4CCCC[C@@H]4C(F)(F)F)noc2C2CC2)C3)cn1. The van der Waals surface area contributed by atoms with Gasteiger partial charge in [0.1, 0.15) is 11.6 Å². The first-order valence-electron chi connectivity index (χ1n) is 13.3. The molecule has 5 atom stereocenters. The molecule has 2 saturated carbocycles. The van der Waals surface area contributed by atoms with Gasteiger partial charge in [0.2, 0.25) is 0 Å². The molecule has 0 radical (unpaired) electrons. The van der Waals surface area contributed by atoms with E-state index < -0.39 is 24.0 Å². The number of carbonyl (C=O) groups is 1. The number of ether oxygens (including phenoxy) is 1. The van der Waals surface area contributed by atoms with Crippen LogP contribution in [0.15, 0.2) is 16.9 Å². The number of piperidine rings is 1. The lowest BCUT2D eigenvalue weighted by Crippen LogP contribution is -2.46. The minimum absolute atomic E-state index is 0.0282. The van der Waals surface area contributed by atoms with Crippen molar-refractivity contribution >= 4 is 11.8 Å². The minimum atomic E-state index is -4.25. The fourth-order valence-electron chi connectivity index (χ4n) is 6.69. The Bertz CT molecular complexity index is 1120. The van der Waals surface area contributed by atoms with Crippen molar-refractivity contribution in [3.8, 4) is 0 Å². The number of carboxylic acids is 1. The van der Waals surface area contributed by atoms with Crippen molar-refractivity contribution in [2.45, 2.75) is 107 Å². The second-order valence-electron chi connectivity index (χ2n) is 11.0. The first-order valence-corrected chi connectivity index (χ1v) is 13.3. The summed E-state index contributed by atoms with van der Waals surface area (Å²) in [7, 11) is 0. The molecule has 37 heavy (non-hydrogen) atoms. The number of nitrogens with zero attached hydrogens (tertiary/aromatic N) is 4. The molecule has 4 fully saturated rings. The lowest BCUT2D eigenvalue weighted by atomic mass is 9.76. The highest BCUT2D eigenvalue weighted by atomic mass is 19.4. The van der Waals surface area contributed by atoms with Gasteiger partial charge in [-0.05, 0) is 51.4 Å². The van der Waals surface area contributed by atoms with Crippen molar-refractivity contribution < 1.29 is 32.3 Å². The van der Waals surface area contributed by atoms with Gasteiger partial charge in [-0.15, -0.1) is 0 Å². The zero-order valence-electron chi connectivity index (χ0n) is 20.5. The topological polar surface area (TPSA) is 102 Å². The monoisotopic (exact) mass is 520 g/mol. The van der Waals surface area contributed by atoms with Crippen molar-refractivity contribution in [2.24, 2.45) is 5.92 Å². The van der Waals surface area contributed by atoms with Gasteiger partial charge in [0.05, 0.1) is 36.7 Å². The summed E-state index contributed by atoms with van der Waals surface area (Å²) in [5, 5.41) is 13.3. The Labute approximate surface area is 212 Å². The number of aromatic carboxylic acids is 1. The number of carboxylic acid groups (broad SMARTS) is 1. The van der Waals surface area contributed by atoms with E-state index in [2.05, 4.69) is 20.0 Å². The van der Waals surface area contributed by atoms with E-state index in [1.807, 2.05) is 0 Å². The molecular weight excluding hydrogens is 489 g/mol. The molecule has 2 saturated heterocycles. The lowest BCUT2D eigenvalue weighted by molar-refractivity contribution is -0.187. The van der Waals surface area contributed by atoms with Crippen LogP contribution in [-0.2, 0) is 11.3 Å². The smallest absolute Gasteiger partial charge is 0.392 e. The molecule has 2 aliphatic carbocycles. The summed E-state index contributed by atoms with van der Waals surface area (Å²) >= 11 is 0. The normalized spacial score (nSPS) is 30.0. The van der Waals surface area contributed by atoms with Crippen LogP contribution in [0.1, 0.15) is 104 Å². The standard InChI is InChI=1S/C26H31F3N4O4/c27-26(28,29)20-4-2-1-3-18(20)23-19(24(37-32-23)14-5-6-14)13-36-17-9-15-7-8-16(10-17)33(15)22-12-30-21(11-31-22)25(34)35/h11-12,14-18,20H,1-10,13H2,(H,34,35)/t15-,16+,17+,18-,20-/m0/s1. The number of anilines is 1. The molecule has 0 aromatic carbocycles. The third-order valence-electron chi connectivity index (χ3n) is 8.61. The molecule has 0 spiro atoms. The second kappa shape index (κ2) is 9.56. The number of hydrogen-bond acceptors (Lipinski definition) is 7. The summed E-state index contributed by atoms with van der Waals surface area (Å²) < 4.78 is 53.6. The maximum absolute atomic E-state index is 13.9. The van der Waals surface area contributed by atoms with Gasteiger partial charge < -0.3 is 19.3 Å². The highest BCUT2D eigenvalue weighted by Gasteiger charge is 2.49. The van der Waals surface area contributed by atoms with E-state index in [0.717, 1.165) is 56.3 Å². The van der Waals surface area contributed by atoms with Crippen molar-refractivity contribution in [1.29, 1.82) is 0 Å². The fraction of sp³-hybridized carbons (Fsp3) is 0.692. The van der Waals surface area contributed by atoms with Crippen LogP contribution in [0.3, 0.4) is 0 Å². The molecule has 2 bridgehead atoms. The van der Waals surface area contributed by atoms with E-state index in [1.165, 1.54) is 12.4 Å². The number of rotatable bonds is 7. The average Bonchev–Trinajstić information content (AvgIpc) is 3.58. The van der Waals surface area contributed by atoms with Crippen molar-refractivity contribution in [1.82, 2.24) is 15.1 Å².